The maximum atomic E-state index is 13.3. The van der Waals surface area contributed by atoms with Gasteiger partial charge >= 0.3 is 11.9 Å². The van der Waals surface area contributed by atoms with E-state index in [0.29, 0.717) is 36.5 Å². The Hall–Kier alpha value is -4.09. The lowest BCUT2D eigenvalue weighted by Crippen LogP contribution is -2.36. The monoisotopic (exact) mass is 553 g/mol. The predicted molar refractivity (Wildman–Crippen MR) is 148 cm³/mol. The van der Waals surface area contributed by atoms with Crippen LogP contribution in [0.5, 0.6) is 5.75 Å². The van der Waals surface area contributed by atoms with Crippen LogP contribution >= 0.6 is 0 Å². The molecular weight excluding hydrogens is 518 g/mol. The van der Waals surface area contributed by atoms with Gasteiger partial charge in [-0.05, 0) is 50.9 Å². The number of aliphatic hydroxyl groups is 1. The molecule has 1 aliphatic heterocycles. The summed E-state index contributed by atoms with van der Waals surface area (Å²) in [6, 6.07) is 13.4. The Kier molecular flexibility index (Phi) is 10.9. The highest BCUT2D eigenvalue weighted by Crippen LogP contribution is 2.40. The van der Waals surface area contributed by atoms with Crippen LogP contribution in [0.1, 0.15) is 37.3 Å². The number of hydrogen-bond donors (Lipinski definition) is 2. The third kappa shape index (κ3) is 7.73. The molecule has 0 spiro atoms. The molecule has 40 heavy (non-hydrogen) atoms. The topological polar surface area (TPSA) is 150 Å². The Morgan fingerprint density at radius 1 is 1.15 bits per heavy atom. The lowest BCUT2D eigenvalue weighted by Gasteiger charge is -2.31. The minimum atomic E-state index is -0.941. The van der Waals surface area contributed by atoms with Crippen LogP contribution in [-0.4, -0.2) is 67.2 Å². The van der Waals surface area contributed by atoms with Gasteiger partial charge in [0.15, 0.2) is 0 Å². The molecular formula is C29H35N3O8. The van der Waals surface area contributed by atoms with Crippen molar-refractivity contribution in [2.45, 2.75) is 39.2 Å². The number of allylic oxidation sites excluding steroid dienone is 1. The molecule has 0 fully saturated rings. The maximum absolute atomic E-state index is 13.3. The number of ether oxygens (including phenoxy) is 3. The summed E-state index contributed by atoms with van der Waals surface area (Å²) in [5, 5.41) is 24.7. The summed E-state index contributed by atoms with van der Waals surface area (Å²) < 4.78 is 16.2. The molecule has 1 aliphatic rings. The molecule has 3 unspecified atom stereocenters. The molecule has 0 saturated carbocycles. The number of carbonyl (C=O) groups is 2. The first-order chi connectivity index (χ1) is 19.1. The van der Waals surface area contributed by atoms with Crippen molar-refractivity contribution in [1.82, 2.24) is 5.32 Å². The summed E-state index contributed by atoms with van der Waals surface area (Å²) in [6.07, 6.45) is -0.252. The average Bonchev–Trinajstić information content (AvgIpc) is 2.93. The van der Waals surface area contributed by atoms with E-state index in [1.807, 2.05) is 31.2 Å². The fourth-order valence-electron chi connectivity index (χ4n) is 4.60. The molecule has 0 bridgehead atoms. The zero-order valence-electron chi connectivity index (χ0n) is 23.1. The van der Waals surface area contributed by atoms with Crippen LogP contribution in [0.3, 0.4) is 0 Å². The highest BCUT2D eigenvalue weighted by Gasteiger charge is 2.42. The number of aliphatic hydroxyl groups excluding tert-OH is 1. The number of nitrogens with one attached hydrogen (secondary N) is 1. The molecule has 11 nitrogen and oxygen atoms in total. The van der Waals surface area contributed by atoms with Crippen LogP contribution in [0.4, 0.5) is 5.69 Å². The summed E-state index contributed by atoms with van der Waals surface area (Å²) in [6.45, 7) is 6.22. The van der Waals surface area contributed by atoms with Gasteiger partial charge in [0.2, 0.25) is 0 Å². The third-order valence-corrected chi connectivity index (χ3v) is 6.58. The van der Waals surface area contributed by atoms with Crippen LogP contribution in [-0.2, 0) is 19.1 Å². The van der Waals surface area contributed by atoms with Crippen molar-refractivity contribution < 1.29 is 33.8 Å². The van der Waals surface area contributed by atoms with Gasteiger partial charge in [0, 0.05) is 36.0 Å². The van der Waals surface area contributed by atoms with E-state index < -0.39 is 34.8 Å². The second-order valence-corrected chi connectivity index (χ2v) is 9.51. The van der Waals surface area contributed by atoms with E-state index >= 15 is 0 Å². The van der Waals surface area contributed by atoms with Crippen molar-refractivity contribution in [3.8, 4) is 5.75 Å². The van der Waals surface area contributed by atoms with Gasteiger partial charge in [-0.25, -0.2) is 4.79 Å². The van der Waals surface area contributed by atoms with Crippen molar-refractivity contribution in [3.63, 3.8) is 0 Å². The van der Waals surface area contributed by atoms with E-state index in [-0.39, 0.29) is 24.5 Å². The number of nitro benzene ring substituents is 1. The first-order valence-electron chi connectivity index (χ1n) is 13.0. The second kappa shape index (κ2) is 14.3. The smallest absolute Gasteiger partial charge is 0.336 e. The quantitative estimate of drug-likeness (QED) is 0.164. The first kappa shape index (κ1) is 30.5. The number of hydrogen-bond acceptors (Lipinski definition) is 10. The van der Waals surface area contributed by atoms with Crippen LogP contribution in [0.15, 0.2) is 64.8 Å². The van der Waals surface area contributed by atoms with Crippen molar-refractivity contribution in [2.75, 3.05) is 33.4 Å². The Balaban J connectivity index is 1.59. The average molecular weight is 554 g/mol. The molecule has 0 aliphatic carbocycles. The van der Waals surface area contributed by atoms with E-state index in [0.717, 1.165) is 11.3 Å². The molecule has 0 amide bonds. The van der Waals surface area contributed by atoms with Crippen LogP contribution in [0, 0.1) is 23.0 Å². The van der Waals surface area contributed by atoms with Crippen molar-refractivity contribution in [1.29, 1.82) is 0 Å². The molecule has 3 rings (SSSR count). The minimum absolute atomic E-state index is 0.0751. The Labute approximate surface area is 233 Å². The van der Waals surface area contributed by atoms with Gasteiger partial charge in [0.1, 0.15) is 24.4 Å². The normalized spacial score (nSPS) is 17.6. The zero-order chi connectivity index (χ0) is 29.2. The summed E-state index contributed by atoms with van der Waals surface area (Å²) >= 11 is 0. The first-order valence-corrected chi connectivity index (χ1v) is 13.0. The van der Waals surface area contributed by atoms with Gasteiger partial charge in [-0.15, -0.1) is 0 Å². The van der Waals surface area contributed by atoms with E-state index in [9.17, 15) is 24.8 Å². The van der Waals surface area contributed by atoms with Gasteiger partial charge in [-0.3, -0.25) is 19.9 Å². The molecule has 3 atom stereocenters. The standard InChI is InChI=1S/C29H35N3O8/c1-18-9-5-6-12-24(18)40-17-23(33)16-30-13-8-14-39-29(35)26-20(3)31-19(2)25(28(34)38-4)27(26)21-10-7-11-22(15-21)32(36)37/h5-7,9-12,15,23,25,27,30,33H,8,13-14,16-17H2,1-4H3. The van der Waals surface area contributed by atoms with Crippen molar-refractivity contribution in [2.24, 2.45) is 10.9 Å². The number of aryl methyl sites for hydroxylation is 1. The molecule has 2 aromatic carbocycles. The van der Waals surface area contributed by atoms with Crippen LogP contribution < -0.4 is 10.1 Å². The molecule has 0 radical (unpaired) electrons. The SMILES string of the molecule is COC(=O)C1C(C)=NC(C)=C(C(=O)OCCCNCC(O)COc2ccccc2C)C1c1cccc([N+](=O)[O-])c1. The largest absolute Gasteiger partial charge is 0.491 e. The Morgan fingerprint density at radius 3 is 2.60 bits per heavy atom. The lowest BCUT2D eigenvalue weighted by molar-refractivity contribution is -0.384. The van der Waals surface area contributed by atoms with Crippen LogP contribution in [0.25, 0.3) is 0 Å². The van der Waals surface area contributed by atoms with Crippen molar-refractivity contribution >= 4 is 23.3 Å². The number of para-hydroxylation sites is 1. The number of benzene rings is 2. The predicted octanol–water partition coefficient (Wildman–Crippen LogP) is 3.49. The van der Waals surface area contributed by atoms with Gasteiger partial charge in [0.05, 0.1) is 24.2 Å². The number of esters is 2. The molecule has 1 heterocycles. The molecule has 2 aromatic rings. The zero-order valence-corrected chi connectivity index (χ0v) is 23.1. The second-order valence-electron chi connectivity index (χ2n) is 9.51. The van der Waals surface area contributed by atoms with Gasteiger partial charge in [-0.2, -0.15) is 0 Å². The molecule has 214 valence electrons. The van der Waals surface area contributed by atoms with Gasteiger partial charge in [-0.1, -0.05) is 30.3 Å². The summed E-state index contributed by atoms with van der Waals surface area (Å²) in [4.78, 5) is 41.2. The van der Waals surface area contributed by atoms with E-state index in [1.54, 1.807) is 19.9 Å². The molecule has 2 N–H and O–H groups in total. The lowest BCUT2D eigenvalue weighted by atomic mass is 9.75. The fraction of sp³-hybridized carbons (Fsp3) is 0.414. The summed E-state index contributed by atoms with van der Waals surface area (Å²) in [5.74, 6) is -2.35. The number of non-ortho nitro benzene ring substituents is 1. The minimum Gasteiger partial charge on any atom is -0.491 e. The molecule has 11 heteroatoms. The highest BCUT2D eigenvalue weighted by atomic mass is 16.6. The number of carbonyl (C=O) groups excluding carboxylic acids is 2. The van der Waals surface area contributed by atoms with Crippen molar-refractivity contribution in [3.05, 3.63) is 81.0 Å². The van der Waals surface area contributed by atoms with E-state index in [4.69, 9.17) is 14.2 Å². The number of nitro groups is 1. The van der Waals surface area contributed by atoms with E-state index in [1.165, 1.54) is 25.3 Å². The number of rotatable bonds is 13. The highest BCUT2D eigenvalue weighted by molar-refractivity contribution is 6.07. The summed E-state index contributed by atoms with van der Waals surface area (Å²) in [5.41, 5.74) is 2.19. The number of aliphatic imine (C=N–C) groups is 1. The molecule has 0 saturated heterocycles. The van der Waals surface area contributed by atoms with E-state index in [2.05, 4.69) is 10.3 Å². The van der Waals surface area contributed by atoms with Gasteiger partial charge < -0.3 is 24.6 Å². The molecule has 0 aromatic heterocycles. The number of nitrogens with zero attached hydrogens (tertiary/aromatic N) is 2. The van der Waals surface area contributed by atoms with Crippen LogP contribution in [0.2, 0.25) is 0 Å². The third-order valence-electron chi connectivity index (χ3n) is 6.58. The Morgan fingerprint density at radius 2 is 1.90 bits per heavy atom. The maximum Gasteiger partial charge on any atom is 0.336 e. The number of methoxy groups -OCH3 is 1. The Bertz CT molecular complexity index is 1290. The fourth-order valence-corrected chi connectivity index (χ4v) is 4.60. The van der Waals surface area contributed by atoms with Gasteiger partial charge in [0.25, 0.3) is 5.69 Å². The summed E-state index contributed by atoms with van der Waals surface area (Å²) in [7, 11) is 1.24.